The van der Waals surface area contributed by atoms with Crippen LogP contribution in [0.15, 0.2) is 0 Å². The molecular weight excluding hydrogens is 158 g/mol. The predicted octanol–water partition coefficient (Wildman–Crippen LogP) is -0.366. The molecule has 0 aromatic heterocycles. The second-order valence-electron chi connectivity index (χ2n) is 3.19. The van der Waals surface area contributed by atoms with Gasteiger partial charge in [-0.05, 0) is 0 Å². The molecule has 68 valence electrons. The van der Waals surface area contributed by atoms with Gasteiger partial charge < -0.3 is 9.47 Å². The molecule has 2 aliphatic heterocycles. The third kappa shape index (κ3) is 1.59. The van der Waals surface area contributed by atoms with E-state index in [1.165, 1.54) is 0 Å². The van der Waals surface area contributed by atoms with Gasteiger partial charge in [0.15, 0.2) is 0 Å². The second-order valence-corrected chi connectivity index (χ2v) is 3.19. The summed E-state index contributed by atoms with van der Waals surface area (Å²) in [6.45, 7) is 4.00. The number of morpholine rings is 1. The van der Waals surface area contributed by atoms with E-state index in [2.05, 4.69) is 4.90 Å². The topological polar surface area (TPSA) is 38.8 Å². The molecule has 0 N–H and O–H groups in total. The molecule has 0 aromatic carbocycles. The van der Waals surface area contributed by atoms with E-state index in [4.69, 9.17) is 9.47 Å². The van der Waals surface area contributed by atoms with Crippen molar-refractivity contribution in [2.75, 3.05) is 32.9 Å². The number of ether oxygens (including phenoxy) is 2. The first-order valence-corrected chi connectivity index (χ1v) is 4.33. The van der Waals surface area contributed by atoms with E-state index in [1.54, 1.807) is 0 Å². The van der Waals surface area contributed by atoms with Gasteiger partial charge in [0, 0.05) is 13.1 Å². The van der Waals surface area contributed by atoms with Crippen molar-refractivity contribution in [1.29, 1.82) is 0 Å². The molecule has 0 aliphatic carbocycles. The molecular formula is C8H13NO3. The zero-order chi connectivity index (χ0) is 8.39. The number of esters is 1. The summed E-state index contributed by atoms with van der Waals surface area (Å²) in [7, 11) is 0. The van der Waals surface area contributed by atoms with E-state index >= 15 is 0 Å². The lowest BCUT2D eigenvalue weighted by atomic mass is 10.2. The molecule has 12 heavy (non-hydrogen) atoms. The smallest absolute Gasteiger partial charge is 0.307 e. The summed E-state index contributed by atoms with van der Waals surface area (Å²) >= 11 is 0. The average Bonchev–Trinajstić information content (AvgIpc) is 2.54. The summed E-state index contributed by atoms with van der Waals surface area (Å²) in [5, 5.41) is 0. The third-order valence-electron chi connectivity index (χ3n) is 2.40. The lowest BCUT2D eigenvalue weighted by molar-refractivity contribution is -0.137. The van der Waals surface area contributed by atoms with Gasteiger partial charge in [0.1, 0.15) is 6.61 Å². The number of hydrogen-bond acceptors (Lipinski definition) is 4. The van der Waals surface area contributed by atoms with Crippen molar-refractivity contribution < 1.29 is 14.3 Å². The lowest BCUT2D eigenvalue weighted by Crippen LogP contribution is -2.43. The van der Waals surface area contributed by atoms with E-state index in [-0.39, 0.29) is 5.97 Å². The number of hydrogen-bond donors (Lipinski definition) is 0. The Morgan fingerprint density at radius 3 is 2.67 bits per heavy atom. The zero-order valence-electron chi connectivity index (χ0n) is 6.99. The van der Waals surface area contributed by atoms with Gasteiger partial charge >= 0.3 is 5.97 Å². The van der Waals surface area contributed by atoms with Crippen molar-refractivity contribution in [1.82, 2.24) is 4.90 Å². The Balaban J connectivity index is 1.86. The van der Waals surface area contributed by atoms with Crippen LogP contribution in [0.5, 0.6) is 0 Å². The Morgan fingerprint density at radius 1 is 1.33 bits per heavy atom. The minimum absolute atomic E-state index is 0.0634. The molecule has 2 saturated heterocycles. The first-order chi connectivity index (χ1) is 5.86. The molecule has 0 aromatic rings. The molecule has 2 rings (SSSR count). The maximum absolute atomic E-state index is 10.8. The molecule has 1 unspecified atom stereocenters. The van der Waals surface area contributed by atoms with Gasteiger partial charge in [-0.15, -0.1) is 0 Å². The average molecular weight is 171 g/mol. The van der Waals surface area contributed by atoms with Gasteiger partial charge in [-0.25, -0.2) is 0 Å². The maximum Gasteiger partial charge on any atom is 0.307 e. The number of cyclic esters (lactones) is 1. The fraction of sp³-hybridized carbons (Fsp3) is 0.875. The van der Waals surface area contributed by atoms with E-state index in [0.29, 0.717) is 19.1 Å². The highest BCUT2D eigenvalue weighted by Gasteiger charge is 2.29. The van der Waals surface area contributed by atoms with Crippen molar-refractivity contribution in [3.8, 4) is 0 Å². The standard InChI is InChI=1S/C8H13NO3/c10-8-5-7(6-12-8)9-1-3-11-4-2-9/h7H,1-6H2. The molecule has 2 fully saturated rings. The van der Waals surface area contributed by atoms with E-state index in [9.17, 15) is 4.79 Å². The van der Waals surface area contributed by atoms with Crippen LogP contribution in [-0.4, -0.2) is 49.8 Å². The summed E-state index contributed by atoms with van der Waals surface area (Å²) < 4.78 is 10.1. The van der Waals surface area contributed by atoms with Crippen LogP contribution in [0, 0.1) is 0 Å². The number of carbonyl (C=O) groups is 1. The van der Waals surface area contributed by atoms with Crippen molar-refractivity contribution in [3.63, 3.8) is 0 Å². The highest BCUT2D eigenvalue weighted by molar-refractivity contribution is 5.72. The van der Waals surface area contributed by atoms with Crippen LogP contribution in [0.1, 0.15) is 6.42 Å². The van der Waals surface area contributed by atoms with Crippen molar-refractivity contribution >= 4 is 5.97 Å². The largest absolute Gasteiger partial charge is 0.464 e. The number of carbonyl (C=O) groups excluding carboxylic acids is 1. The highest BCUT2D eigenvalue weighted by Crippen LogP contribution is 2.14. The van der Waals surface area contributed by atoms with Gasteiger partial charge in [-0.3, -0.25) is 9.69 Å². The van der Waals surface area contributed by atoms with Crippen LogP contribution in [0.25, 0.3) is 0 Å². The first kappa shape index (κ1) is 8.01. The zero-order valence-corrected chi connectivity index (χ0v) is 6.99. The number of nitrogens with zero attached hydrogens (tertiary/aromatic N) is 1. The predicted molar refractivity (Wildman–Crippen MR) is 41.8 cm³/mol. The highest BCUT2D eigenvalue weighted by atomic mass is 16.5. The van der Waals surface area contributed by atoms with Crippen LogP contribution in [0.3, 0.4) is 0 Å². The number of rotatable bonds is 1. The Morgan fingerprint density at radius 2 is 2.08 bits per heavy atom. The fourth-order valence-electron chi connectivity index (χ4n) is 1.68. The normalized spacial score (nSPS) is 32.0. The summed E-state index contributed by atoms with van der Waals surface area (Å²) in [5.41, 5.74) is 0. The Bertz CT molecular complexity index is 177. The van der Waals surface area contributed by atoms with Gasteiger partial charge in [0.25, 0.3) is 0 Å². The minimum Gasteiger partial charge on any atom is -0.464 e. The molecule has 2 aliphatic rings. The van der Waals surface area contributed by atoms with E-state index in [0.717, 1.165) is 26.3 Å². The molecule has 2 heterocycles. The SMILES string of the molecule is O=C1CC(N2CCOCC2)CO1. The molecule has 4 heteroatoms. The summed E-state index contributed by atoms with van der Waals surface area (Å²) in [6.07, 6.45) is 0.556. The molecule has 0 radical (unpaired) electrons. The Kier molecular flexibility index (Phi) is 2.28. The third-order valence-corrected chi connectivity index (χ3v) is 2.40. The van der Waals surface area contributed by atoms with Gasteiger partial charge in [0.05, 0.1) is 25.7 Å². The van der Waals surface area contributed by atoms with Crippen LogP contribution in [0.2, 0.25) is 0 Å². The molecule has 0 saturated carbocycles. The fourth-order valence-corrected chi connectivity index (χ4v) is 1.68. The molecule has 0 amide bonds. The van der Waals surface area contributed by atoms with E-state index in [1.807, 2.05) is 0 Å². The van der Waals surface area contributed by atoms with E-state index < -0.39 is 0 Å². The first-order valence-electron chi connectivity index (χ1n) is 4.33. The monoisotopic (exact) mass is 171 g/mol. The van der Waals surface area contributed by atoms with Crippen LogP contribution < -0.4 is 0 Å². The lowest BCUT2D eigenvalue weighted by Gasteiger charge is -2.30. The molecule has 4 nitrogen and oxygen atoms in total. The minimum atomic E-state index is -0.0634. The van der Waals surface area contributed by atoms with Crippen molar-refractivity contribution in [2.45, 2.75) is 12.5 Å². The second kappa shape index (κ2) is 3.41. The summed E-state index contributed by atoms with van der Waals surface area (Å²) in [5.74, 6) is -0.0634. The van der Waals surface area contributed by atoms with Gasteiger partial charge in [-0.2, -0.15) is 0 Å². The maximum atomic E-state index is 10.8. The van der Waals surface area contributed by atoms with Crippen LogP contribution in [-0.2, 0) is 14.3 Å². The van der Waals surface area contributed by atoms with Crippen LogP contribution >= 0.6 is 0 Å². The quantitative estimate of drug-likeness (QED) is 0.505. The molecule has 1 atom stereocenters. The van der Waals surface area contributed by atoms with Crippen LogP contribution in [0.4, 0.5) is 0 Å². The molecule has 0 bridgehead atoms. The summed E-state index contributed by atoms with van der Waals surface area (Å²) in [4.78, 5) is 13.1. The summed E-state index contributed by atoms with van der Waals surface area (Å²) in [6, 6.07) is 0.307. The Hall–Kier alpha value is -0.610. The van der Waals surface area contributed by atoms with Crippen molar-refractivity contribution in [3.05, 3.63) is 0 Å². The van der Waals surface area contributed by atoms with Gasteiger partial charge in [-0.1, -0.05) is 0 Å². The Labute approximate surface area is 71.4 Å². The van der Waals surface area contributed by atoms with Gasteiger partial charge in [0.2, 0.25) is 0 Å². The van der Waals surface area contributed by atoms with Crippen molar-refractivity contribution in [2.24, 2.45) is 0 Å². The molecule has 0 spiro atoms.